The smallest absolute Gasteiger partial charge is 0.323 e. The highest BCUT2D eigenvalue weighted by Gasteiger charge is 2.32. The van der Waals surface area contributed by atoms with Crippen molar-refractivity contribution in [2.45, 2.75) is 96.2 Å². The van der Waals surface area contributed by atoms with Crippen LogP contribution < -0.4 is 5.32 Å². The lowest BCUT2D eigenvalue weighted by molar-refractivity contribution is -0.144. The molecule has 0 spiro atoms. The standard InChI is InChI=1S/C17H33NO3/c1-14(2)18-17(3,16(19)20)12-8-9-13-21-15-10-6-4-5-7-11-15/h14-15,18H,4-13H2,1-3H3,(H,19,20). The first-order chi connectivity index (χ1) is 9.94. The predicted molar refractivity (Wildman–Crippen MR) is 85.6 cm³/mol. The van der Waals surface area contributed by atoms with Gasteiger partial charge in [0.25, 0.3) is 0 Å². The summed E-state index contributed by atoms with van der Waals surface area (Å²) in [6.07, 6.45) is 10.6. The van der Waals surface area contributed by atoms with Gasteiger partial charge < -0.3 is 9.84 Å². The molecule has 0 amide bonds. The van der Waals surface area contributed by atoms with E-state index in [2.05, 4.69) is 5.32 Å². The van der Waals surface area contributed by atoms with Gasteiger partial charge in [0.2, 0.25) is 0 Å². The fraction of sp³-hybridized carbons (Fsp3) is 0.941. The molecule has 0 aliphatic heterocycles. The van der Waals surface area contributed by atoms with Gasteiger partial charge in [-0.25, -0.2) is 0 Å². The van der Waals surface area contributed by atoms with Crippen molar-refractivity contribution in [3.8, 4) is 0 Å². The molecule has 1 fully saturated rings. The van der Waals surface area contributed by atoms with Crippen molar-refractivity contribution < 1.29 is 14.6 Å². The molecule has 2 N–H and O–H groups in total. The van der Waals surface area contributed by atoms with Gasteiger partial charge in [0, 0.05) is 12.6 Å². The quantitative estimate of drug-likeness (QED) is 0.503. The van der Waals surface area contributed by atoms with Crippen molar-refractivity contribution in [3.05, 3.63) is 0 Å². The summed E-state index contributed by atoms with van der Waals surface area (Å²) in [6.45, 7) is 6.51. The maximum Gasteiger partial charge on any atom is 0.323 e. The van der Waals surface area contributed by atoms with Crippen LogP contribution >= 0.6 is 0 Å². The Balaban J connectivity index is 2.20. The van der Waals surface area contributed by atoms with Crippen molar-refractivity contribution >= 4 is 5.97 Å². The summed E-state index contributed by atoms with van der Waals surface area (Å²) in [5.41, 5.74) is -0.823. The summed E-state index contributed by atoms with van der Waals surface area (Å²) in [5, 5.41) is 12.5. The summed E-state index contributed by atoms with van der Waals surface area (Å²) in [4.78, 5) is 11.4. The van der Waals surface area contributed by atoms with Gasteiger partial charge in [-0.05, 0) is 52.9 Å². The topological polar surface area (TPSA) is 58.6 Å². The van der Waals surface area contributed by atoms with E-state index in [0.717, 1.165) is 19.4 Å². The third-order valence-electron chi connectivity index (χ3n) is 4.31. The molecular formula is C17H33NO3. The van der Waals surface area contributed by atoms with Crippen molar-refractivity contribution in [1.29, 1.82) is 0 Å². The first kappa shape index (κ1) is 18.4. The lowest BCUT2D eigenvalue weighted by Gasteiger charge is -2.28. The summed E-state index contributed by atoms with van der Waals surface area (Å²) < 4.78 is 5.95. The van der Waals surface area contributed by atoms with E-state index < -0.39 is 11.5 Å². The summed E-state index contributed by atoms with van der Waals surface area (Å²) in [5.74, 6) is -0.763. The molecule has 1 atom stereocenters. The highest BCUT2D eigenvalue weighted by Crippen LogP contribution is 2.21. The molecule has 0 heterocycles. The Kier molecular flexibility index (Phi) is 8.27. The Morgan fingerprint density at radius 1 is 1.24 bits per heavy atom. The van der Waals surface area contributed by atoms with Gasteiger partial charge in [-0.1, -0.05) is 25.7 Å². The molecule has 0 bridgehead atoms. The van der Waals surface area contributed by atoms with Gasteiger partial charge in [0.05, 0.1) is 6.10 Å². The molecule has 21 heavy (non-hydrogen) atoms. The molecule has 0 aromatic heterocycles. The first-order valence-corrected chi connectivity index (χ1v) is 8.57. The van der Waals surface area contributed by atoms with Crippen molar-refractivity contribution in [2.75, 3.05) is 6.61 Å². The summed E-state index contributed by atoms with van der Waals surface area (Å²) in [6, 6.07) is 0.174. The minimum absolute atomic E-state index is 0.174. The lowest BCUT2D eigenvalue weighted by atomic mass is 9.94. The van der Waals surface area contributed by atoms with E-state index in [-0.39, 0.29) is 6.04 Å². The number of unbranched alkanes of at least 4 members (excludes halogenated alkanes) is 1. The average Bonchev–Trinajstić information content (AvgIpc) is 2.66. The van der Waals surface area contributed by atoms with E-state index in [1.807, 2.05) is 13.8 Å². The van der Waals surface area contributed by atoms with Crippen LogP contribution in [0, 0.1) is 0 Å². The van der Waals surface area contributed by atoms with E-state index in [4.69, 9.17) is 4.74 Å². The molecule has 1 aliphatic rings. The number of nitrogens with one attached hydrogen (secondary N) is 1. The Morgan fingerprint density at radius 2 is 1.86 bits per heavy atom. The van der Waals surface area contributed by atoms with Crippen LogP contribution in [0.4, 0.5) is 0 Å². The number of ether oxygens (including phenoxy) is 1. The van der Waals surface area contributed by atoms with Crippen molar-refractivity contribution in [2.24, 2.45) is 0 Å². The summed E-state index contributed by atoms with van der Waals surface area (Å²) >= 11 is 0. The molecule has 1 rings (SSSR count). The molecular weight excluding hydrogens is 266 g/mol. The van der Waals surface area contributed by atoms with Gasteiger partial charge in [-0.2, -0.15) is 0 Å². The third-order valence-corrected chi connectivity index (χ3v) is 4.31. The molecule has 0 aromatic carbocycles. The zero-order valence-corrected chi connectivity index (χ0v) is 14.0. The Hall–Kier alpha value is -0.610. The minimum Gasteiger partial charge on any atom is -0.480 e. The zero-order chi connectivity index (χ0) is 15.7. The average molecular weight is 299 g/mol. The van der Waals surface area contributed by atoms with Gasteiger partial charge in [-0.15, -0.1) is 0 Å². The Morgan fingerprint density at radius 3 is 2.38 bits per heavy atom. The Bertz CT molecular complexity index is 298. The number of carbonyl (C=O) groups is 1. The molecule has 4 nitrogen and oxygen atoms in total. The zero-order valence-electron chi connectivity index (χ0n) is 14.0. The van der Waals surface area contributed by atoms with Crippen LogP contribution in [0.5, 0.6) is 0 Å². The van der Waals surface area contributed by atoms with Crippen LogP contribution in [0.15, 0.2) is 0 Å². The van der Waals surface area contributed by atoms with Gasteiger partial charge in [0.15, 0.2) is 0 Å². The molecule has 1 aliphatic carbocycles. The van der Waals surface area contributed by atoms with Crippen molar-refractivity contribution in [1.82, 2.24) is 5.32 Å². The van der Waals surface area contributed by atoms with E-state index in [0.29, 0.717) is 12.5 Å². The summed E-state index contributed by atoms with van der Waals surface area (Å²) in [7, 11) is 0. The number of aliphatic carboxylic acids is 1. The monoisotopic (exact) mass is 299 g/mol. The maximum absolute atomic E-state index is 11.4. The number of rotatable bonds is 9. The molecule has 4 heteroatoms. The maximum atomic E-state index is 11.4. The second kappa shape index (κ2) is 9.42. The molecule has 1 unspecified atom stereocenters. The van der Waals surface area contributed by atoms with Crippen LogP contribution in [0.3, 0.4) is 0 Å². The Labute approximate surface area is 129 Å². The SMILES string of the molecule is CC(C)NC(C)(CCCCOC1CCCCCC1)C(=O)O. The minimum atomic E-state index is -0.823. The van der Waals surface area contributed by atoms with Gasteiger partial charge in [-0.3, -0.25) is 10.1 Å². The van der Waals surface area contributed by atoms with Crippen LogP contribution in [-0.4, -0.2) is 35.4 Å². The first-order valence-electron chi connectivity index (χ1n) is 8.57. The molecule has 0 saturated heterocycles. The molecule has 124 valence electrons. The van der Waals surface area contributed by atoms with E-state index >= 15 is 0 Å². The van der Waals surface area contributed by atoms with Crippen LogP contribution in [-0.2, 0) is 9.53 Å². The van der Waals surface area contributed by atoms with Gasteiger partial charge >= 0.3 is 5.97 Å². The van der Waals surface area contributed by atoms with Crippen LogP contribution in [0.25, 0.3) is 0 Å². The number of hydrogen-bond donors (Lipinski definition) is 2. The van der Waals surface area contributed by atoms with Crippen molar-refractivity contribution in [3.63, 3.8) is 0 Å². The predicted octanol–water partition coefficient (Wildman–Crippen LogP) is 3.74. The number of carboxylic acid groups (broad SMARTS) is 1. The van der Waals surface area contributed by atoms with E-state index in [9.17, 15) is 9.90 Å². The normalized spacial score (nSPS) is 20.2. The van der Waals surface area contributed by atoms with Gasteiger partial charge in [0.1, 0.15) is 5.54 Å². The second-order valence-electron chi connectivity index (χ2n) is 6.88. The largest absolute Gasteiger partial charge is 0.480 e. The highest BCUT2D eigenvalue weighted by atomic mass is 16.5. The third kappa shape index (κ3) is 7.28. The molecule has 0 radical (unpaired) electrons. The number of hydrogen-bond acceptors (Lipinski definition) is 3. The van der Waals surface area contributed by atoms with Crippen LogP contribution in [0.1, 0.15) is 78.6 Å². The van der Waals surface area contributed by atoms with E-state index in [1.165, 1.54) is 38.5 Å². The second-order valence-corrected chi connectivity index (χ2v) is 6.88. The number of carboxylic acids is 1. The van der Waals surface area contributed by atoms with E-state index in [1.54, 1.807) is 6.92 Å². The molecule has 0 aromatic rings. The lowest BCUT2D eigenvalue weighted by Crippen LogP contribution is -2.52. The fourth-order valence-corrected chi connectivity index (χ4v) is 3.12. The van der Waals surface area contributed by atoms with Crippen LogP contribution in [0.2, 0.25) is 0 Å². The highest BCUT2D eigenvalue weighted by molar-refractivity contribution is 5.78. The molecule has 1 saturated carbocycles. The fourth-order valence-electron chi connectivity index (χ4n) is 3.12.